The van der Waals surface area contributed by atoms with Crippen LogP contribution in [-0.4, -0.2) is 60.4 Å². The van der Waals surface area contributed by atoms with Crippen LogP contribution in [0.3, 0.4) is 0 Å². The molecule has 2 amide bonds. The van der Waals surface area contributed by atoms with E-state index in [1.807, 2.05) is 24.3 Å². The van der Waals surface area contributed by atoms with Gasteiger partial charge in [0.15, 0.2) is 0 Å². The van der Waals surface area contributed by atoms with Gasteiger partial charge in [0.2, 0.25) is 6.41 Å². The zero-order valence-electron chi connectivity index (χ0n) is 14.7. The maximum atomic E-state index is 12.7. The van der Waals surface area contributed by atoms with E-state index in [-0.39, 0.29) is 5.91 Å². The number of ether oxygens (including phenoxy) is 1. The summed E-state index contributed by atoms with van der Waals surface area (Å²) >= 11 is 0. The third-order valence-electron chi connectivity index (χ3n) is 4.41. The van der Waals surface area contributed by atoms with Gasteiger partial charge in [-0.1, -0.05) is 18.2 Å². The topological polar surface area (TPSA) is 74.8 Å². The summed E-state index contributed by atoms with van der Waals surface area (Å²) in [6, 6.07) is 9.58. The molecular weight excluding hydrogens is 332 g/mol. The van der Waals surface area contributed by atoms with Crippen LogP contribution < -0.4 is 10.1 Å². The quantitative estimate of drug-likeness (QED) is 0.798. The molecule has 0 radical (unpaired) electrons. The molecule has 0 bridgehead atoms. The second-order valence-electron chi connectivity index (χ2n) is 6.06. The number of aromatic nitrogens is 1. The van der Waals surface area contributed by atoms with Gasteiger partial charge in [0.1, 0.15) is 5.75 Å². The maximum Gasteiger partial charge on any atom is 0.255 e. The molecule has 1 aromatic heterocycles. The van der Waals surface area contributed by atoms with Gasteiger partial charge in [-0.15, -0.1) is 0 Å². The standard InChI is InChI=1S/C19H22N4O3/c1-26-18-5-3-2-4-15(18)12-21-17-10-16(11-20-13-17)19(25)23-8-6-22(14-24)7-9-23/h2-5,10-11,13-14,21H,6-9,12H2,1H3. The number of carbonyl (C=O) groups excluding carboxylic acids is 2. The molecule has 0 unspecified atom stereocenters. The molecule has 136 valence electrons. The Kier molecular flexibility index (Phi) is 5.68. The van der Waals surface area contributed by atoms with Crippen molar-refractivity contribution in [1.82, 2.24) is 14.8 Å². The fourth-order valence-electron chi connectivity index (χ4n) is 2.91. The Morgan fingerprint density at radius 2 is 2.00 bits per heavy atom. The fraction of sp³-hybridized carbons (Fsp3) is 0.316. The van der Waals surface area contributed by atoms with Gasteiger partial charge in [-0.3, -0.25) is 14.6 Å². The zero-order chi connectivity index (χ0) is 18.4. The number of hydrogen-bond donors (Lipinski definition) is 1. The third kappa shape index (κ3) is 4.11. The molecule has 7 heteroatoms. The molecule has 3 rings (SSSR count). The first kappa shape index (κ1) is 17.7. The van der Waals surface area contributed by atoms with E-state index in [0.717, 1.165) is 23.4 Å². The van der Waals surface area contributed by atoms with E-state index in [1.165, 1.54) is 0 Å². The molecule has 7 nitrogen and oxygen atoms in total. The van der Waals surface area contributed by atoms with E-state index in [1.54, 1.807) is 35.4 Å². The van der Waals surface area contributed by atoms with E-state index in [4.69, 9.17) is 4.74 Å². The second-order valence-corrected chi connectivity index (χ2v) is 6.06. The van der Waals surface area contributed by atoms with Crippen LogP contribution in [0.1, 0.15) is 15.9 Å². The van der Waals surface area contributed by atoms with Crippen LogP contribution in [0.5, 0.6) is 5.75 Å². The van der Waals surface area contributed by atoms with Crippen LogP contribution in [0.2, 0.25) is 0 Å². The summed E-state index contributed by atoms with van der Waals surface area (Å²) in [5.74, 6) is 0.747. The van der Waals surface area contributed by atoms with Gasteiger partial charge in [-0.05, 0) is 12.1 Å². The minimum Gasteiger partial charge on any atom is -0.496 e. The van der Waals surface area contributed by atoms with E-state index < -0.39 is 0 Å². The highest BCUT2D eigenvalue weighted by Gasteiger charge is 2.21. The lowest BCUT2D eigenvalue weighted by atomic mass is 10.2. The van der Waals surface area contributed by atoms with Crippen LogP contribution >= 0.6 is 0 Å². The number of pyridine rings is 1. The van der Waals surface area contributed by atoms with E-state index >= 15 is 0 Å². The fourth-order valence-corrected chi connectivity index (χ4v) is 2.91. The number of rotatable bonds is 6. The number of piperazine rings is 1. The van der Waals surface area contributed by atoms with Gasteiger partial charge in [0.05, 0.1) is 18.4 Å². The zero-order valence-corrected chi connectivity index (χ0v) is 14.7. The first-order chi connectivity index (χ1) is 12.7. The summed E-state index contributed by atoms with van der Waals surface area (Å²) in [4.78, 5) is 31.0. The summed E-state index contributed by atoms with van der Waals surface area (Å²) in [6.45, 7) is 2.77. The summed E-state index contributed by atoms with van der Waals surface area (Å²) < 4.78 is 5.35. The van der Waals surface area contributed by atoms with Gasteiger partial charge < -0.3 is 19.9 Å². The Hall–Kier alpha value is -3.09. The smallest absolute Gasteiger partial charge is 0.255 e. The molecule has 1 aromatic carbocycles. The van der Waals surface area contributed by atoms with Crippen molar-refractivity contribution in [2.75, 3.05) is 38.6 Å². The lowest BCUT2D eigenvalue weighted by Gasteiger charge is -2.32. The molecule has 1 fully saturated rings. The number of hydrogen-bond acceptors (Lipinski definition) is 5. The monoisotopic (exact) mass is 354 g/mol. The van der Waals surface area contributed by atoms with Crippen LogP contribution in [0.15, 0.2) is 42.7 Å². The first-order valence-corrected chi connectivity index (χ1v) is 8.50. The summed E-state index contributed by atoms with van der Waals surface area (Å²) in [6.07, 6.45) is 4.09. The molecule has 1 N–H and O–H groups in total. The normalized spacial score (nSPS) is 14.0. The third-order valence-corrected chi connectivity index (χ3v) is 4.41. The summed E-state index contributed by atoms with van der Waals surface area (Å²) in [5.41, 5.74) is 2.33. The van der Waals surface area contributed by atoms with Crippen molar-refractivity contribution in [1.29, 1.82) is 0 Å². The predicted octanol–water partition coefficient (Wildman–Crippen LogP) is 1.62. The van der Waals surface area contributed by atoms with Crippen molar-refractivity contribution in [2.45, 2.75) is 6.54 Å². The van der Waals surface area contributed by atoms with Crippen molar-refractivity contribution >= 4 is 18.0 Å². The largest absolute Gasteiger partial charge is 0.496 e. The average molecular weight is 354 g/mol. The molecule has 2 heterocycles. The number of nitrogens with zero attached hydrogens (tertiary/aromatic N) is 3. The number of anilines is 1. The Balaban J connectivity index is 1.64. The van der Waals surface area contributed by atoms with Crippen LogP contribution in [0.25, 0.3) is 0 Å². The van der Waals surface area contributed by atoms with Crippen molar-refractivity contribution in [3.05, 3.63) is 53.9 Å². The van der Waals surface area contributed by atoms with Gasteiger partial charge in [0.25, 0.3) is 5.91 Å². The van der Waals surface area contributed by atoms with Crippen molar-refractivity contribution in [3.63, 3.8) is 0 Å². The van der Waals surface area contributed by atoms with Crippen molar-refractivity contribution < 1.29 is 14.3 Å². The number of para-hydroxylation sites is 1. The van der Waals surface area contributed by atoms with E-state index in [9.17, 15) is 9.59 Å². The Morgan fingerprint density at radius 1 is 1.23 bits per heavy atom. The lowest BCUT2D eigenvalue weighted by molar-refractivity contribution is -0.119. The molecule has 0 spiro atoms. The highest BCUT2D eigenvalue weighted by atomic mass is 16.5. The Labute approximate surface area is 152 Å². The maximum absolute atomic E-state index is 12.7. The number of methoxy groups -OCH3 is 1. The lowest BCUT2D eigenvalue weighted by Crippen LogP contribution is -2.48. The highest BCUT2D eigenvalue weighted by Crippen LogP contribution is 2.19. The molecule has 26 heavy (non-hydrogen) atoms. The number of carbonyl (C=O) groups is 2. The highest BCUT2D eigenvalue weighted by molar-refractivity contribution is 5.94. The Bertz CT molecular complexity index is 773. The molecule has 0 saturated carbocycles. The summed E-state index contributed by atoms with van der Waals surface area (Å²) in [7, 11) is 1.64. The van der Waals surface area contributed by atoms with Crippen LogP contribution in [-0.2, 0) is 11.3 Å². The number of amides is 2. The predicted molar refractivity (Wildman–Crippen MR) is 98.1 cm³/mol. The van der Waals surface area contributed by atoms with E-state index in [0.29, 0.717) is 38.3 Å². The van der Waals surface area contributed by atoms with Gasteiger partial charge in [-0.2, -0.15) is 0 Å². The molecule has 2 aromatic rings. The SMILES string of the molecule is COc1ccccc1CNc1cncc(C(=O)N2CCN(C=O)CC2)c1. The van der Waals surface area contributed by atoms with Crippen LogP contribution in [0.4, 0.5) is 5.69 Å². The van der Waals surface area contributed by atoms with Gasteiger partial charge in [-0.25, -0.2) is 0 Å². The van der Waals surface area contributed by atoms with E-state index in [2.05, 4.69) is 10.3 Å². The second kappa shape index (κ2) is 8.33. The molecule has 0 aliphatic carbocycles. The van der Waals surface area contributed by atoms with Gasteiger partial charge in [0, 0.05) is 50.7 Å². The summed E-state index contributed by atoms with van der Waals surface area (Å²) in [5, 5.41) is 3.28. The molecule has 1 saturated heterocycles. The van der Waals surface area contributed by atoms with Crippen molar-refractivity contribution in [3.8, 4) is 5.75 Å². The minimum atomic E-state index is -0.0657. The molecule has 1 aliphatic rings. The minimum absolute atomic E-state index is 0.0657. The van der Waals surface area contributed by atoms with Crippen molar-refractivity contribution in [2.24, 2.45) is 0 Å². The Morgan fingerprint density at radius 3 is 2.73 bits per heavy atom. The van der Waals surface area contributed by atoms with Gasteiger partial charge >= 0.3 is 0 Å². The molecule has 1 aliphatic heterocycles. The average Bonchev–Trinajstić information content (AvgIpc) is 2.72. The number of benzene rings is 1. The molecular formula is C19H22N4O3. The number of nitrogens with one attached hydrogen (secondary N) is 1. The van der Waals surface area contributed by atoms with Crippen LogP contribution in [0, 0.1) is 0 Å². The molecule has 0 atom stereocenters. The first-order valence-electron chi connectivity index (χ1n) is 8.50.